The molecule has 0 saturated carbocycles. The van der Waals surface area contributed by atoms with E-state index in [1.165, 1.54) is 11.8 Å². The van der Waals surface area contributed by atoms with Gasteiger partial charge in [-0.05, 0) is 49.2 Å². The van der Waals surface area contributed by atoms with Crippen molar-refractivity contribution in [1.29, 1.82) is 0 Å². The normalized spacial score (nSPS) is 11.8. The highest BCUT2D eigenvalue weighted by Gasteiger charge is 2.17. The number of amides is 2. The molecule has 9 heteroatoms. The quantitative estimate of drug-likeness (QED) is 0.713. The minimum atomic E-state index is -0.581. The van der Waals surface area contributed by atoms with Crippen LogP contribution in [-0.2, 0) is 9.59 Å². The third-order valence-electron chi connectivity index (χ3n) is 3.55. The van der Waals surface area contributed by atoms with Crippen molar-refractivity contribution in [3.05, 3.63) is 29.3 Å². The highest BCUT2D eigenvalue weighted by atomic mass is 32.2. The topological polar surface area (TPSA) is 102 Å². The smallest absolute Gasteiger partial charge is 0.242 e. The second-order valence-electron chi connectivity index (χ2n) is 5.59. The first kappa shape index (κ1) is 18.9. The average Bonchev–Trinajstić information content (AvgIpc) is 3.01. The summed E-state index contributed by atoms with van der Waals surface area (Å²) in [6, 6.07) is 5.36. The predicted octanol–water partition coefficient (Wildman–Crippen LogP) is 1.01. The molecule has 0 aliphatic heterocycles. The van der Waals surface area contributed by atoms with Crippen LogP contribution in [0.3, 0.4) is 0 Å². The third-order valence-corrected chi connectivity index (χ3v) is 4.47. The lowest BCUT2D eigenvalue weighted by Gasteiger charge is -2.13. The minimum absolute atomic E-state index is 0.120. The number of para-hydroxylation sites is 1. The van der Waals surface area contributed by atoms with Crippen LogP contribution in [-0.4, -0.2) is 50.4 Å². The maximum Gasteiger partial charge on any atom is 0.242 e. The largest absolute Gasteiger partial charge is 0.355 e. The number of rotatable bonds is 7. The molecule has 0 fully saturated rings. The third kappa shape index (κ3) is 4.79. The van der Waals surface area contributed by atoms with E-state index in [1.54, 1.807) is 11.6 Å². The van der Waals surface area contributed by atoms with Gasteiger partial charge in [0, 0.05) is 6.54 Å². The molecule has 0 aliphatic rings. The number of tetrazole rings is 1. The molecule has 1 aromatic carbocycles. The number of nitrogens with one attached hydrogen (secondary N) is 2. The van der Waals surface area contributed by atoms with Gasteiger partial charge in [0.1, 0.15) is 6.04 Å². The molecule has 2 rings (SSSR count). The van der Waals surface area contributed by atoms with Crippen molar-refractivity contribution >= 4 is 23.6 Å². The molecule has 25 heavy (non-hydrogen) atoms. The molecule has 0 radical (unpaired) electrons. The SMILES string of the molecule is CCNC(=O)[C@@H](C)NC(=O)CSc1nnnn1-c1c(C)cccc1C. The lowest BCUT2D eigenvalue weighted by Crippen LogP contribution is -2.45. The molecule has 2 amide bonds. The van der Waals surface area contributed by atoms with Gasteiger partial charge in [-0.15, -0.1) is 5.10 Å². The summed E-state index contributed by atoms with van der Waals surface area (Å²) in [6.45, 7) is 7.97. The van der Waals surface area contributed by atoms with Crippen LogP contribution in [0.25, 0.3) is 5.69 Å². The number of hydrogen-bond acceptors (Lipinski definition) is 6. The first-order valence-corrected chi connectivity index (χ1v) is 8.97. The molecular weight excluding hydrogens is 340 g/mol. The van der Waals surface area contributed by atoms with Crippen LogP contribution < -0.4 is 10.6 Å². The molecule has 0 saturated heterocycles. The minimum Gasteiger partial charge on any atom is -0.355 e. The van der Waals surface area contributed by atoms with Gasteiger partial charge in [0.05, 0.1) is 11.4 Å². The van der Waals surface area contributed by atoms with Gasteiger partial charge < -0.3 is 10.6 Å². The van der Waals surface area contributed by atoms with Crippen LogP contribution in [0.2, 0.25) is 0 Å². The first-order valence-electron chi connectivity index (χ1n) is 7.98. The summed E-state index contributed by atoms with van der Waals surface area (Å²) in [5.41, 5.74) is 3.00. The van der Waals surface area contributed by atoms with Gasteiger partial charge >= 0.3 is 0 Å². The van der Waals surface area contributed by atoms with E-state index in [0.717, 1.165) is 16.8 Å². The fourth-order valence-electron chi connectivity index (χ4n) is 2.36. The number of carbonyl (C=O) groups is 2. The molecule has 134 valence electrons. The summed E-state index contributed by atoms with van der Waals surface area (Å²) in [5.74, 6) is -0.337. The Balaban J connectivity index is 2.02. The zero-order valence-corrected chi connectivity index (χ0v) is 15.6. The van der Waals surface area contributed by atoms with Crippen molar-refractivity contribution in [2.24, 2.45) is 0 Å². The zero-order chi connectivity index (χ0) is 18.4. The summed E-state index contributed by atoms with van der Waals surface area (Å²) in [5, 5.41) is 17.6. The van der Waals surface area contributed by atoms with Crippen molar-refractivity contribution in [2.45, 2.75) is 38.9 Å². The van der Waals surface area contributed by atoms with E-state index in [-0.39, 0.29) is 17.6 Å². The summed E-state index contributed by atoms with van der Waals surface area (Å²) in [4.78, 5) is 23.7. The van der Waals surface area contributed by atoms with Gasteiger partial charge in [-0.2, -0.15) is 4.68 Å². The second kappa shape index (κ2) is 8.61. The Hall–Kier alpha value is -2.42. The first-order chi connectivity index (χ1) is 11.9. The number of aromatic nitrogens is 4. The molecule has 0 aliphatic carbocycles. The number of nitrogens with zero attached hydrogens (tertiary/aromatic N) is 4. The second-order valence-corrected chi connectivity index (χ2v) is 6.53. The lowest BCUT2D eigenvalue weighted by molar-refractivity contribution is -0.127. The van der Waals surface area contributed by atoms with E-state index in [9.17, 15) is 9.59 Å². The van der Waals surface area contributed by atoms with Crippen LogP contribution in [0.1, 0.15) is 25.0 Å². The Morgan fingerprint density at radius 1 is 1.28 bits per heavy atom. The standard InChI is InChI=1S/C16H22N6O2S/c1-5-17-15(24)12(4)18-13(23)9-25-16-19-20-21-22(16)14-10(2)7-6-8-11(14)3/h6-8,12H,5,9H2,1-4H3,(H,17,24)(H,18,23)/t12-/m1/s1. The number of hydrogen-bond donors (Lipinski definition) is 2. The van der Waals surface area contributed by atoms with Gasteiger partial charge in [-0.1, -0.05) is 30.0 Å². The van der Waals surface area contributed by atoms with Gasteiger partial charge in [0.25, 0.3) is 0 Å². The molecule has 1 atom stereocenters. The van der Waals surface area contributed by atoms with E-state index in [1.807, 2.05) is 39.0 Å². The van der Waals surface area contributed by atoms with Gasteiger partial charge in [0.2, 0.25) is 17.0 Å². The van der Waals surface area contributed by atoms with Crippen molar-refractivity contribution in [3.8, 4) is 5.69 Å². The van der Waals surface area contributed by atoms with Crippen LogP contribution in [0.4, 0.5) is 0 Å². The van der Waals surface area contributed by atoms with Crippen LogP contribution in [0.5, 0.6) is 0 Å². The van der Waals surface area contributed by atoms with Gasteiger partial charge in [-0.25, -0.2) is 0 Å². The van der Waals surface area contributed by atoms with Crippen LogP contribution in [0.15, 0.2) is 23.4 Å². The van der Waals surface area contributed by atoms with E-state index in [0.29, 0.717) is 11.7 Å². The van der Waals surface area contributed by atoms with Gasteiger partial charge in [-0.3, -0.25) is 9.59 Å². The Morgan fingerprint density at radius 3 is 2.60 bits per heavy atom. The number of likely N-dealkylation sites (N-methyl/N-ethyl adjacent to an activating group) is 1. The van der Waals surface area contributed by atoms with Crippen LogP contribution >= 0.6 is 11.8 Å². The summed E-state index contributed by atoms with van der Waals surface area (Å²) < 4.78 is 1.63. The van der Waals surface area contributed by atoms with Crippen LogP contribution in [0, 0.1) is 13.8 Å². The van der Waals surface area contributed by atoms with Crippen molar-refractivity contribution in [2.75, 3.05) is 12.3 Å². The molecule has 1 heterocycles. The van der Waals surface area contributed by atoms with E-state index in [2.05, 4.69) is 26.2 Å². The summed E-state index contributed by atoms with van der Waals surface area (Å²) >= 11 is 1.22. The maximum absolute atomic E-state index is 12.0. The zero-order valence-electron chi connectivity index (χ0n) is 14.7. The molecule has 1 aromatic heterocycles. The molecule has 0 unspecified atom stereocenters. The Morgan fingerprint density at radius 2 is 1.96 bits per heavy atom. The predicted molar refractivity (Wildman–Crippen MR) is 95.6 cm³/mol. The Labute approximate surface area is 150 Å². The van der Waals surface area contributed by atoms with Gasteiger partial charge in [0.15, 0.2) is 0 Å². The average molecular weight is 362 g/mol. The van der Waals surface area contributed by atoms with E-state index in [4.69, 9.17) is 0 Å². The highest BCUT2D eigenvalue weighted by Crippen LogP contribution is 2.23. The summed E-state index contributed by atoms with van der Waals surface area (Å²) in [6.07, 6.45) is 0. The highest BCUT2D eigenvalue weighted by molar-refractivity contribution is 7.99. The maximum atomic E-state index is 12.0. The van der Waals surface area contributed by atoms with E-state index < -0.39 is 6.04 Å². The monoisotopic (exact) mass is 362 g/mol. The molecule has 8 nitrogen and oxygen atoms in total. The molecule has 2 N–H and O–H groups in total. The number of benzene rings is 1. The fraction of sp³-hybridized carbons (Fsp3) is 0.438. The van der Waals surface area contributed by atoms with E-state index >= 15 is 0 Å². The summed E-state index contributed by atoms with van der Waals surface area (Å²) in [7, 11) is 0. The lowest BCUT2D eigenvalue weighted by atomic mass is 10.1. The molecule has 0 bridgehead atoms. The molecule has 2 aromatic rings. The molecule has 0 spiro atoms. The number of thioether (sulfide) groups is 1. The fourth-order valence-corrected chi connectivity index (χ4v) is 3.04. The number of carbonyl (C=O) groups excluding carboxylic acids is 2. The Bertz CT molecular complexity index is 741. The van der Waals surface area contributed by atoms with Crippen molar-refractivity contribution in [1.82, 2.24) is 30.8 Å². The molecular formula is C16H22N6O2S. The number of aryl methyl sites for hydroxylation is 2. The Kier molecular flexibility index (Phi) is 6.51. The van der Waals surface area contributed by atoms with Crippen molar-refractivity contribution in [3.63, 3.8) is 0 Å². The van der Waals surface area contributed by atoms with Crippen molar-refractivity contribution < 1.29 is 9.59 Å².